The Kier molecular flexibility index (Phi) is 5.00. The van der Waals surface area contributed by atoms with Crippen LogP contribution >= 0.6 is 31.9 Å². The van der Waals surface area contributed by atoms with Gasteiger partial charge in [-0.25, -0.2) is 4.39 Å². The van der Waals surface area contributed by atoms with Crippen LogP contribution in [-0.2, 0) is 0 Å². The topological polar surface area (TPSA) is 38.3 Å². The summed E-state index contributed by atoms with van der Waals surface area (Å²) in [4.78, 5) is 12.2. The van der Waals surface area contributed by atoms with Gasteiger partial charge in [-0.05, 0) is 74.7 Å². The summed E-state index contributed by atoms with van der Waals surface area (Å²) in [5.74, 6) is 0.00455. The SMILES string of the molecule is COc1ccc(C(=O)Nc2cc(Br)c(F)cc2C)cc1Br. The van der Waals surface area contributed by atoms with Crippen LogP contribution < -0.4 is 10.1 Å². The van der Waals surface area contributed by atoms with Gasteiger partial charge in [0.15, 0.2) is 0 Å². The molecule has 0 unspecified atom stereocenters. The summed E-state index contributed by atoms with van der Waals surface area (Å²) in [6.45, 7) is 1.73. The predicted molar refractivity (Wildman–Crippen MR) is 87.5 cm³/mol. The first-order valence-electron chi connectivity index (χ1n) is 6.03. The summed E-state index contributed by atoms with van der Waals surface area (Å²) in [6, 6.07) is 7.94. The Morgan fingerprint density at radius 2 is 1.90 bits per heavy atom. The zero-order valence-corrected chi connectivity index (χ0v) is 14.5. The smallest absolute Gasteiger partial charge is 0.255 e. The monoisotopic (exact) mass is 415 g/mol. The van der Waals surface area contributed by atoms with Gasteiger partial charge in [0.1, 0.15) is 11.6 Å². The zero-order chi connectivity index (χ0) is 15.6. The number of methoxy groups -OCH3 is 1. The molecule has 0 saturated heterocycles. The molecular weight excluding hydrogens is 405 g/mol. The van der Waals surface area contributed by atoms with Crippen molar-refractivity contribution in [1.29, 1.82) is 0 Å². The molecule has 21 heavy (non-hydrogen) atoms. The van der Waals surface area contributed by atoms with Crippen LogP contribution in [0.25, 0.3) is 0 Å². The van der Waals surface area contributed by atoms with Crippen molar-refractivity contribution in [1.82, 2.24) is 0 Å². The molecule has 2 rings (SSSR count). The molecule has 2 aromatic rings. The molecule has 0 aliphatic rings. The van der Waals surface area contributed by atoms with Crippen molar-refractivity contribution in [3.63, 3.8) is 0 Å². The highest BCUT2D eigenvalue weighted by molar-refractivity contribution is 9.10. The number of carbonyl (C=O) groups is 1. The molecule has 0 atom stereocenters. The second kappa shape index (κ2) is 6.58. The van der Waals surface area contributed by atoms with E-state index in [2.05, 4.69) is 37.2 Å². The van der Waals surface area contributed by atoms with E-state index in [0.29, 0.717) is 31.5 Å². The van der Waals surface area contributed by atoms with E-state index in [1.165, 1.54) is 6.07 Å². The molecule has 2 aromatic carbocycles. The normalized spacial score (nSPS) is 10.3. The number of benzene rings is 2. The van der Waals surface area contributed by atoms with Gasteiger partial charge < -0.3 is 10.1 Å². The molecule has 0 aliphatic heterocycles. The Morgan fingerprint density at radius 1 is 1.19 bits per heavy atom. The number of hydrogen-bond acceptors (Lipinski definition) is 2. The second-order valence-corrected chi connectivity index (χ2v) is 6.09. The lowest BCUT2D eigenvalue weighted by atomic mass is 10.1. The van der Waals surface area contributed by atoms with E-state index >= 15 is 0 Å². The summed E-state index contributed by atoms with van der Waals surface area (Å²) in [6.07, 6.45) is 0. The summed E-state index contributed by atoms with van der Waals surface area (Å²) < 4.78 is 19.5. The van der Waals surface area contributed by atoms with Crippen LogP contribution in [0, 0.1) is 12.7 Å². The van der Waals surface area contributed by atoms with Crippen molar-refractivity contribution in [2.45, 2.75) is 6.92 Å². The molecule has 0 spiro atoms. The average Bonchev–Trinajstić information content (AvgIpc) is 2.44. The Balaban J connectivity index is 2.26. The van der Waals surface area contributed by atoms with E-state index in [9.17, 15) is 9.18 Å². The van der Waals surface area contributed by atoms with Crippen LogP contribution in [0.1, 0.15) is 15.9 Å². The number of rotatable bonds is 3. The van der Waals surface area contributed by atoms with E-state index in [4.69, 9.17) is 4.74 Å². The van der Waals surface area contributed by atoms with E-state index in [1.54, 1.807) is 38.3 Å². The van der Waals surface area contributed by atoms with E-state index in [-0.39, 0.29) is 11.7 Å². The third-order valence-corrected chi connectivity index (χ3v) is 4.16. The summed E-state index contributed by atoms with van der Waals surface area (Å²) in [5, 5.41) is 2.76. The van der Waals surface area contributed by atoms with Crippen LogP contribution in [0.4, 0.5) is 10.1 Å². The van der Waals surface area contributed by atoms with Crippen LogP contribution in [0.15, 0.2) is 39.3 Å². The minimum absolute atomic E-state index is 0.278. The van der Waals surface area contributed by atoms with Gasteiger partial charge in [-0.2, -0.15) is 0 Å². The van der Waals surface area contributed by atoms with Crippen molar-refractivity contribution < 1.29 is 13.9 Å². The van der Waals surface area contributed by atoms with E-state index in [1.807, 2.05) is 0 Å². The maximum absolute atomic E-state index is 13.4. The van der Waals surface area contributed by atoms with Crippen molar-refractivity contribution >= 4 is 43.5 Å². The minimum atomic E-state index is -0.363. The number of ether oxygens (including phenoxy) is 1. The van der Waals surface area contributed by atoms with E-state index in [0.717, 1.165) is 0 Å². The van der Waals surface area contributed by atoms with Crippen LogP contribution in [0.3, 0.4) is 0 Å². The molecule has 0 heterocycles. The second-order valence-electron chi connectivity index (χ2n) is 4.38. The maximum atomic E-state index is 13.4. The molecule has 0 radical (unpaired) electrons. The molecule has 0 bridgehead atoms. The zero-order valence-electron chi connectivity index (χ0n) is 11.3. The maximum Gasteiger partial charge on any atom is 0.255 e. The third-order valence-electron chi connectivity index (χ3n) is 2.93. The number of anilines is 1. The molecular formula is C15H12Br2FNO2. The fourth-order valence-electron chi connectivity index (χ4n) is 1.78. The first-order valence-corrected chi connectivity index (χ1v) is 7.61. The first kappa shape index (κ1) is 16.0. The summed E-state index contributed by atoms with van der Waals surface area (Å²) >= 11 is 6.44. The minimum Gasteiger partial charge on any atom is -0.496 e. The third kappa shape index (κ3) is 3.63. The highest BCUT2D eigenvalue weighted by atomic mass is 79.9. The average molecular weight is 417 g/mol. The Bertz CT molecular complexity index is 704. The van der Waals surface area contributed by atoms with E-state index < -0.39 is 0 Å². The quantitative estimate of drug-likeness (QED) is 0.771. The standard InChI is InChI=1S/C15H12Br2FNO2/c1-8-5-12(18)10(16)7-13(8)19-15(20)9-3-4-14(21-2)11(17)6-9/h3-7H,1-2H3,(H,19,20). The van der Waals surface area contributed by atoms with Gasteiger partial charge in [-0.15, -0.1) is 0 Å². The lowest BCUT2D eigenvalue weighted by Gasteiger charge is -2.11. The Labute approximate surface area is 138 Å². The van der Waals surface area contributed by atoms with Gasteiger partial charge in [0.2, 0.25) is 0 Å². The molecule has 1 N–H and O–H groups in total. The summed E-state index contributed by atoms with van der Waals surface area (Å²) in [7, 11) is 1.55. The number of carbonyl (C=O) groups excluding carboxylic acids is 1. The first-order chi connectivity index (χ1) is 9.92. The molecule has 3 nitrogen and oxygen atoms in total. The van der Waals surface area contributed by atoms with Crippen LogP contribution in [-0.4, -0.2) is 13.0 Å². The fraction of sp³-hybridized carbons (Fsp3) is 0.133. The largest absolute Gasteiger partial charge is 0.496 e. The number of hydrogen-bond donors (Lipinski definition) is 1. The van der Waals surface area contributed by atoms with Gasteiger partial charge in [-0.1, -0.05) is 0 Å². The highest BCUT2D eigenvalue weighted by Crippen LogP contribution is 2.27. The molecule has 0 aromatic heterocycles. The van der Waals surface area contributed by atoms with Crippen molar-refractivity contribution in [3.05, 3.63) is 56.2 Å². The molecule has 0 saturated carbocycles. The van der Waals surface area contributed by atoms with Crippen molar-refractivity contribution in [3.8, 4) is 5.75 Å². The van der Waals surface area contributed by atoms with Gasteiger partial charge in [0.05, 0.1) is 16.1 Å². The molecule has 0 fully saturated rings. The fourth-order valence-corrected chi connectivity index (χ4v) is 2.67. The number of amides is 1. The lowest BCUT2D eigenvalue weighted by molar-refractivity contribution is 0.102. The van der Waals surface area contributed by atoms with Gasteiger partial charge in [0.25, 0.3) is 5.91 Å². The van der Waals surface area contributed by atoms with Crippen LogP contribution in [0.5, 0.6) is 5.75 Å². The van der Waals surface area contributed by atoms with Crippen molar-refractivity contribution in [2.24, 2.45) is 0 Å². The Hall–Kier alpha value is -1.40. The highest BCUT2D eigenvalue weighted by Gasteiger charge is 2.12. The van der Waals surface area contributed by atoms with Gasteiger partial charge >= 0.3 is 0 Å². The molecule has 1 amide bonds. The Morgan fingerprint density at radius 3 is 2.52 bits per heavy atom. The number of halogens is 3. The van der Waals surface area contributed by atoms with Gasteiger partial charge in [0, 0.05) is 11.3 Å². The van der Waals surface area contributed by atoms with Crippen molar-refractivity contribution in [2.75, 3.05) is 12.4 Å². The van der Waals surface area contributed by atoms with Gasteiger partial charge in [-0.3, -0.25) is 4.79 Å². The molecule has 110 valence electrons. The van der Waals surface area contributed by atoms with Crippen LogP contribution in [0.2, 0.25) is 0 Å². The summed E-state index contributed by atoms with van der Waals surface area (Å²) in [5.41, 5.74) is 1.68. The number of nitrogens with one attached hydrogen (secondary N) is 1. The molecule has 0 aliphatic carbocycles. The predicted octanol–water partition coefficient (Wildman–Crippen LogP) is 4.92. The lowest BCUT2D eigenvalue weighted by Crippen LogP contribution is -2.13. The molecule has 6 heteroatoms. The number of aryl methyl sites for hydroxylation is 1.